The Morgan fingerprint density at radius 2 is 1.84 bits per heavy atom. The van der Waals surface area contributed by atoms with Crippen molar-refractivity contribution in [2.45, 2.75) is 50.4 Å². The predicted octanol–water partition coefficient (Wildman–Crippen LogP) is 2.76. The lowest BCUT2D eigenvalue weighted by molar-refractivity contribution is -0.137. The molecule has 10 nitrogen and oxygen atoms in total. The molecule has 2 aromatic carbocycles. The van der Waals surface area contributed by atoms with E-state index in [0.717, 1.165) is 11.1 Å². The maximum Gasteiger partial charge on any atom is 0.275 e. The van der Waals surface area contributed by atoms with Crippen LogP contribution in [0.3, 0.4) is 0 Å². The topological polar surface area (TPSA) is 102 Å². The van der Waals surface area contributed by atoms with Gasteiger partial charge in [0.25, 0.3) is 11.8 Å². The zero-order chi connectivity index (χ0) is 29.9. The molecule has 0 saturated carbocycles. The number of nitrogens with one attached hydrogen (secondary N) is 1. The lowest BCUT2D eigenvalue weighted by atomic mass is 9.96. The molecule has 3 amide bonds. The number of piperidine rings is 2. The summed E-state index contributed by atoms with van der Waals surface area (Å²) in [6.45, 7) is 2.46. The van der Waals surface area contributed by atoms with Crippen LogP contribution in [0.4, 0.5) is 19.0 Å². The summed E-state index contributed by atoms with van der Waals surface area (Å²) in [7, 11) is 0. The van der Waals surface area contributed by atoms with Crippen LogP contribution in [0.1, 0.15) is 40.7 Å². The fourth-order valence-electron chi connectivity index (χ4n) is 6.99. The van der Waals surface area contributed by atoms with Crippen molar-refractivity contribution >= 4 is 34.5 Å². The Labute approximate surface area is 245 Å². The van der Waals surface area contributed by atoms with Gasteiger partial charge in [0.2, 0.25) is 11.8 Å². The van der Waals surface area contributed by atoms with E-state index in [2.05, 4.69) is 10.5 Å². The number of nitrogens with zero attached hydrogens (tertiary/aromatic N) is 5. The highest BCUT2D eigenvalue weighted by Crippen LogP contribution is 2.36. The van der Waals surface area contributed by atoms with Gasteiger partial charge in [0.05, 0.1) is 18.0 Å². The molecule has 4 aliphatic rings. The number of benzene rings is 2. The van der Waals surface area contributed by atoms with Crippen LogP contribution >= 0.6 is 0 Å². The number of aromatic nitrogens is 1. The van der Waals surface area contributed by atoms with E-state index >= 15 is 8.78 Å². The third-order valence-corrected chi connectivity index (χ3v) is 9.18. The Hall–Kier alpha value is -3.97. The Kier molecular flexibility index (Phi) is 6.88. The minimum absolute atomic E-state index is 0.167. The highest BCUT2D eigenvalue weighted by Gasteiger charge is 2.48. The molecule has 3 saturated heterocycles. The zero-order valence-corrected chi connectivity index (χ0v) is 23.4. The van der Waals surface area contributed by atoms with Crippen LogP contribution < -0.4 is 10.2 Å². The summed E-state index contributed by atoms with van der Waals surface area (Å²) in [6, 6.07) is 7.95. The third-order valence-electron chi connectivity index (χ3n) is 9.18. The molecule has 0 spiro atoms. The number of imide groups is 1. The average molecular weight is 597 g/mol. The fraction of sp³-hybridized carbons (Fsp3) is 0.467. The van der Waals surface area contributed by atoms with Crippen molar-refractivity contribution in [3.8, 4) is 0 Å². The maximum absolute atomic E-state index is 15.6. The lowest BCUT2D eigenvalue weighted by Gasteiger charge is -2.46. The molecule has 0 radical (unpaired) electrons. The number of rotatable bonds is 5. The zero-order valence-electron chi connectivity index (χ0n) is 23.4. The number of hydrogen-bond acceptors (Lipinski definition) is 8. The first kappa shape index (κ1) is 27.8. The van der Waals surface area contributed by atoms with Crippen molar-refractivity contribution in [2.75, 3.05) is 44.2 Å². The van der Waals surface area contributed by atoms with Crippen molar-refractivity contribution < 1.29 is 32.1 Å². The molecule has 0 aliphatic carbocycles. The number of hydrogen-bond donors (Lipinski definition) is 1. The molecular weight excluding hydrogens is 565 g/mol. The Morgan fingerprint density at radius 3 is 2.60 bits per heavy atom. The molecule has 226 valence electrons. The highest BCUT2D eigenvalue weighted by molar-refractivity contribution is 6.05. The van der Waals surface area contributed by atoms with Gasteiger partial charge in [-0.1, -0.05) is 17.3 Å². The maximum atomic E-state index is 15.6. The normalized spacial score (nSPS) is 25.0. The van der Waals surface area contributed by atoms with E-state index in [0.29, 0.717) is 61.5 Å². The van der Waals surface area contributed by atoms with Gasteiger partial charge in [0, 0.05) is 63.9 Å². The molecular formula is C30H31F3N6O4. The second kappa shape index (κ2) is 10.6. The van der Waals surface area contributed by atoms with Crippen LogP contribution in [0.2, 0.25) is 0 Å². The molecule has 1 N–H and O–H groups in total. The quantitative estimate of drug-likeness (QED) is 0.449. The molecule has 0 bridgehead atoms. The SMILES string of the molecule is O=C1CCC(N2Cc3c(CN4CCC(N5CCN(c6noc7cc(F)ccc67)CC5)C(F)(F)C4)cccc3C2=O)C(=O)N1. The van der Waals surface area contributed by atoms with E-state index in [-0.39, 0.29) is 37.7 Å². The van der Waals surface area contributed by atoms with Crippen molar-refractivity contribution in [1.29, 1.82) is 0 Å². The van der Waals surface area contributed by atoms with Crippen molar-refractivity contribution in [2.24, 2.45) is 0 Å². The summed E-state index contributed by atoms with van der Waals surface area (Å²) >= 11 is 0. The number of likely N-dealkylation sites (tertiary alicyclic amines) is 1. The number of halogens is 3. The summed E-state index contributed by atoms with van der Waals surface area (Å²) in [5.41, 5.74) is 2.38. The fourth-order valence-corrected chi connectivity index (χ4v) is 6.99. The van der Waals surface area contributed by atoms with Crippen molar-refractivity contribution in [3.63, 3.8) is 0 Å². The number of piperazine rings is 1. The van der Waals surface area contributed by atoms with Gasteiger partial charge in [0.1, 0.15) is 11.9 Å². The molecule has 43 heavy (non-hydrogen) atoms. The minimum Gasteiger partial charge on any atom is -0.354 e. The number of anilines is 1. The van der Waals surface area contributed by atoms with E-state index < -0.39 is 36.3 Å². The first-order valence-electron chi connectivity index (χ1n) is 14.6. The van der Waals surface area contributed by atoms with Crippen LogP contribution in [0, 0.1) is 5.82 Å². The van der Waals surface area contributed by atoms with E-state index in [1.54, 1.807) is 23.1 Å². The van der Waals surface area contributed by atoms with Crippen molar-refractivity contribution in [1.82, 2.24) is 25.2 Å². The molecule has 2 atom stereocenters. The predicted molar refractivity (Wildman–Crippen MR) is 149 cm³/mol. The van der Waals surface area contributed by atoms with Gasteiger partial charge < -0.3 is 14.3 Å². The third kappa shape index (κ3) is 5.03. The van der Waals surface area contributed by atoms with Crippen LogP contribution in [-0.2, 0) is 22.7 Å². The van der Waals surface area contributed by atoms with Crippen LogP contribution in [0.5, 0.6) is 0 Å². The van der Waals surface area contributed by atoms with E-state index in [4.69, 9.17) is 4.52 Å². The van der Waals surface area contributed by atoms with E-state index in [1.165, 1.54) is 17.0 Å². The summed E-state index contributed by atoms with van der Waals surface area (Å²) in [4.78, 5) is 44.2. The summed E-state index contributed by atoms with van der Waals surface area (Å²) in [6.07, 6.45) is 0.735. The highest BCUT2D eigenvalue weighted by atomic mass is 19.3. The van der Waals surface area contributed by atoms with E-state index in [9.17, 15) is 18.8 Å². The Morgan fingerprint density at radius 1 is 1.02 bits per heavy atom. The van der Waals surface area contributed by atoms with Gasteiger partial charge in [-0.2, -0.15) is 0 Å². The van der Waals surface area contributed by atoms with Gasteiger partial charge in [-0.25, -0.2) is 13.2 Å². The van der Waals surface area contributed by atoms with Gasteiger partial charge in [-0.3, -0.25) is 29.5 Å². The minimum atomic E-state index is -2.94. The van der Waals surface area contributed by atoms with Gasteiger partial charge in [0.15, 0.2) is 11.4 Å². The van der Waals surface area contributed by atoms with Crippen LogP contribution in [-0.4, -0.2) is 94.9 Å². The summed E-state index contributed by atoms with van der Waals surface area (Å²) in [5, 5.41) is 7.10. The van der Waals surface area contributed by atoms with Crippen LogP contribution in [0.25, 0.3) is 11.0 Å². The standard InChI is InChI=1S/C30H31F3N6O4/c31-19-4-5-21-24(14-19)43-35-27(21)38-12-10-37(11-13-38)25-8-9-36(17-30(25,32)33)15-18-2-1-3-20-22(18)16-39(29(20)42)23-6-7-26(40)34-28(23)41/h1-5,14,23,25H,6-13,15-17H2,(H,34,40,41). The number of amides is 3. The molecule has 4 aliphatic heterocycles. The first-order chi connectivity index (χ1) is 20.7. The largest absolute Gasteiger partial charge is 0.354 e. The molecule has 7 rings (SSSR count). The molecule has 13 heteroatoms. The van der Waals surface area contributed by atoms with Crippen LogP contribution in [0.15, 0.2) is 40.9 Å². The smallest absolute Gasteiger partial charge is 0.275 e. The van der Waals surface area contributed by atoms with Gasteiger partial charge in [-0.15, -0.1) is 0 Å². The molecule has 1 aromatic heterocycles. The molecule has 5 heterocycles. The Balaban J connectivity index is 0.987. The monoisotopic (exact) mass is 596 g/mol. The number of carbonyl (C=O) groups excluding carboxylic acids is 3. The number of fused-ring (bicyclic) bond motifs is 2. The van der Waals surface area contributed by atoms with Gasteiger partial charge in [-0.05, 0) is 42.2 Å². The average Bonchev–Trinajstić information content (AvgIpc) is 3.54. The van der Waals surface area contributed by atoms with Gasteiger partial charge >= 0.3 is 0 Å². The Bertz CT molecular complexity index is 1600. The summed E-state index contributed by atoms with van der Waals surface area (Å²) in [5.74, 6) is -3.86. The van der Waals surface area contributed by atoms with Crippen molar-refractivity contribution in [3.05, 3.63) is 58.9 Å². The molecule has 3 fully saturated rings. The second-order valence-corrected chi connectivity index (χ2v) is 11.8. The molecule has 2 unspecified atom stereocenters. The first-order valence-corrected chi connectivity index (χ1v) is 14.6. The number of alkyl halides is 2. The lowest BCUT2D eigenvalue weighted by Crippen LogP contribution is -2.61. The molecule has 3 aromatic rings. The second-order valence-electron chi connectivity index (χ2n) is 11.8. The van der Waals surface area contributed by atoms with E-state index in [1.807, 2.05) is 15.9 Å². The summed E-state index contributed by atoms with van der Waals surface area (Å²) < 4.78 is 50.1. The number of carbonyl (C=O) groups is 3.